The average Bonchev–Trinajstić information content (AvgIpc) is 2.76. The Morgan fingerprint density at radius 2 is 1.94 bits per heavy atom. The van der Waals surface area contributed by atoms with Crippen molar-refractivity contribution in [3.63, 3.8) is 0 Å². The van der Waals surface area contributed by atoms with E-state index >= 15 is 0 Å². The Hall–Kier alpha value is -3.32. The zero-order valence-corrected chi connectivity index (χ0v) is 18.4. The number of halogens is 1. The first-order valence-electron chi connectivity index (χ1n) is 9.82. The zero-order chi connectivity index (χ0) is 22.4. The second-order valence-corrected chi connectivity index (χ2v) is 7.32. The number of aromatic amines is 1. The third kappa shape index (κ3) is 5.44. The van der Waals surface area contributed by atoms with E-state index in [9.17, 15) is 9.59 Å². The molecule has 3 rings (SSSR count). The van der Waals surface area contributed by atoms with Gasteiger partial charge < -0.3 is 19.4 Å². The Morgan fingerprint density at radius 1 is 1.16 bits per heavy atom. The largest absolute Gasteiger partial charge is 0.493 e. The maximum absolute atomic E-state index is 12.8. The average molecular weight is 442 g/mol. The van der Waals surface area contributed by atoms with Gasteiger partial charge in [-0.05, 0) is 48.4 Å². The van der Waals surface area contributed by atoms with Gasteiger partial charge in [0.05, 0.1) is 31.7 Å². The molecule has 7 nitrogen and oxygen atoms in total. The van der Waals surface area contributed by atoms with Crippen LogP contribution in [0.4, 0.5) is 0 Å². The predicted octanol–water partition coefficient (Wildman–Crippen LogP) is 4.05. The molecular weight excluding hydrogens is 418 g/mol. The van der Waals surface area contributed by atoms with Crippen LogP contribution in [0.3, 0.4) is 0 Å². The molecule has 0 aliphatic rings. The van der Waals surface area contributed by atoms with Crippen molar-refractivity contribution in [1.82, 2.24) is 14.9 Å². The van der Waals surface area contributed by atoms with Gasteiger partial charge in [-0.15, -0.1) is 0 Å². The third-order valence-corrected chi connectivity index (χ3v) is 4.92. The third-order valence-electron chi connectivity index (χ3n) is 4.69. The first-order valence-corrected chi connectivity index (χ1v) is 10.2. The molecule has 1 aromatic heterocycles. The van der Waals surface area contributed by atoms with Crippen LogP contribution in [0.25, 0.3) is 17.0 Å². The Morgan fingerprint density at radius 3 is 2.65 bits per heavy atom. The van der Waals surface area contributed by atoms with Gasteiger partial charge in [0.1, 0.15) is 5.82 Å². The molecule has 0 atom stereocenters. The van der Waals surface area contributed by atoms with Crippen LogP contribution >= 0.6 is 11.6 Å². The normalized spacial score (nSPS) is 11.1. The summed E-state index contributed by atoms with van der Waals surface area (Å²) in [7, 11) is 3.13. The monoisotopic (exact) mass is 441 g/mol. The quantitative estimate of drug-likeness (QED) is 0.533. The fourth-order valence-corrected chi connectivity index (χ4v) is 3.35. The molecule has 1 N–H and O–H groups in total. The van der Waals surface area contributed by atoms with Crippen LogP contribution in [-0.4, -0.2) is 41.5 Å². The summed E-state index contributed by atoms with van der Waals surface area (Å²) < 4.78 is 10.5. The number of aromatic nitrogens is 2. The van der Waals surface area contributed by atoms with E-state index in [1.807, 2.05) is 13.0 Å². The van der Waals surface area contributed by atoms with Gasteiger partial charge >= 0.3 is 0 Å². The van der Waals surface area contributed by atoms with Crippen molar-refractivity contribution < 1.29 is 14.3 Å². The number of methoxy groups -OCH3 is 2. The van der Waals surface area contributed by atoms with Gasteiger partial charge in [-0.2, -0.15) is 0 Å². The standard InChI is InChI=1S/C23H24ClN3O4/c1-4-11-27(14-21-25-18-13-16(24)7-8-17(18)23(29)26-21)22(28)10-6-15-5-9-19(30-2)20(12-15)31-3/h5-10,12-13H,4,11,14H2,1-3H3,(H,25,26,29)/b10-6+. The molecule has 0 bridgehead atoms. The molecule has 162 valence electrons. The minimum absolute atomic E-state index is 0.181. The molecule has 0 aliphatic heterocycles. The lowest BCUT2D eigenvalue weighted by molar-refractivity contribution is -0.126. The smallest absolute Gasteiger partial charge is 0.258 e. The Balaban J connectivity index is 1.82. The predicted molar refractivity (Wildman–Crippen MR) is 122 cm³/mol. The van der Waals surface area contributed by atoms with Crippen molar-refractivity contribution >= 4 is 34.5 Å². The first-order chi connectivity index (χ1) is 14.9. The summed E-state index contributed by atoms with van der Waals surface area (Å²) in [5, 5.41) is 0.950. The molecular formula is C23H24ClN3O4. The first kappa shape index (κ1) is 22.4. The van der Waals surface area contributed by atoms with Gasteiger partial charge in [0.25, 0.3) is 5.56 Å². The number of ether oxygens (including phenoxy) is 2. The van der Waals surface area contributed by atoms with Crippen LogP contribution in [0.5, 0.6) is 11.5 Å². The summed E-state index contributed by atoms with van der Waals surface area (Å²) in [5.41, 5.74) is 1.03. The van der Waals surface area contributed by atoms with E-state index in [1.54, 1.807) is 55.5 Å². The summed E-state index contributed by atoms with van der Waals surface area (Å²) in [6.45, 7) is 2.68. The molecule has 0 fully saturated rings. The van der Waals surface area contributed by atoms with E-state index in [1.165, 1.54) is 6.08 Å². The molecule has 0 saturated heterocycles. The number of fused-ring (bicyclic) bond motifs is 1. The van der Waals surface area contributed by atoms with Crippen LogP contribution in [0.1, 0.15) is 24.7 Å². The minimum Gasteiger partial charge on any atom is -0.493 e. The van der Waals surface area contributed by atoms with E-state index in [0.29, 0.717) is 39.8 Å². The number of amides is 1. The van der Waals surface area contributed by atoms with Gasteiger partial charge in [0.15, 0.2) is 11.5 Å². The molecule has 0 aliphatic carbocycles. The Labute approximate surface area is 185 Å². The molecule has 8 heteroatoms. The van der Waals surface area contributed by atoms with Crippen molar-refractivity contribution in [2.75, 3.05) is 20.8 Å². The number of carbonyl (C=O) groups excluding carboxylic acids is 1. The van der Waals surface area contributed by atoms with E-state index in [4.69, 9.17) is 21.1 Å². The van der Waals surface area contributed by atoms with E-state index in [-0.39, 0.29) is 18.0 Å². The van der Waals surface area contributed by atoms with Gasteiger partial charge in [0.2, 0.25) is 5.91 Å². The number of benzene rings is 2. The molecule has 0 saturated carbocycles. The van der Waals surface area contributed by atoms with Gasteiger partial charge in [-0.3, -0.25) is 9.59 Å². The summed E-state index contributed by atoms with van der Waals surface area (Å²) in [4.78, 5) is 34.1. The van der Waals surface area contributed by atoms with Gasteiger partial charge in [0, 0.05) is 17.6 Å². The zero-order valence-electron chi connectivity index (χ0n) is 17.6. The van der Waals surface area contributed by atoms with Crippen molar-refractivity contribution in [1.29, 1.82) is 0 Å². The summed E-state index contributed by atoms with van der Waals surface area (Å²) in [5.74, 6) is 1.41. The number of nitrogens with zero attached hydrogens (tertiary/aromatic N) is 2. The highest BCUT2D eigenvalue weighted by Crippen LogP contribution is 2.28. The number of nitrogens with one attached hydrogen (secondary N) is 1. The van der Waals surface area contributed by atoms with Crippen LogP contribution in [-0.2, 0) is 11.3 Å². The number of H-pyrrole nitrogens is 1. The highest BCUT2D eigenvalue weighted by Gasteiger charge is 2.14. The molecule has 0 unspecified atom stereocenters. The molecule has 3 aromatic rings. The van der Waals surface area contributed by atoms with Crippen molar-refractivity contribution in [2.45, 2.75) is 19.9 Å². The second-order valence-electron chi connectivity index (χ2n) is 6.88. The van der Waals surface area contributed by atoms with Crippen molar-refractivity contribution in [3.05, 3.63) is 69.2 Å². The number of hydrogen-bond donors (Lipinski definition) is 1. The fraction of sp³-hybridized carbons (Fsp3) is 0.261. The topological polar surface area (TPSA) is 84.5 Å². The summed E-state index contributed by atoms with van der Waals surface area (Å²) in [6.07, 6.45) is 3.97. The number of hydrogen-bond acceptors (Lipinski definition) is 5. The molecule has 0 spiro atoms. The van der Waals surface area contributed by atoms with E-state index in [2.05, 4.69) is 9.97 Å². The van der Waals surface area contributed by atoms with Crippen LogP contribution in [0.2, 0.25) is 5.02 Å². The maximum Gasteiger partial charge on any atom is 0.258 e. The highest BCUT2D eigenvalue weighted by atomic mass is 35.5. The maximum atomic E-state index is 12.8. The number of rotatable bonds is 8. The molecule has 31 heavy (non-hydrogen) atoms. The van der Waals surface area contributed by atoms with Crippen molar-refractivity contribution in [2.24, 2.45) is 0 Å². The lowest BCUT2D eigenvalue weighted by Gasteiger charge is -2.20. The molecule has 1 amide bonds. The van der Waals surface area contributed by atoms with Gasteiger partial charge in [-0.25, -0.2) is 4.98 Å². The molecule has 2 aromatic carbocycles. The Bertz CT molecular complexity index is 1170. The van der Waals surface area contributed by atoms with E-state index in [0.717, 1.165) is 12.0 Å². The molecule has 1 heterocycles. The lowest BCUT2D eigenvalue weighted by atomic mass is 10.2. The minimum atomic E-state index is -0.263. The summed E-state index contributed by atoms with van der Waals surface area (Å²) >= 11 is 6.03. The Kier molecular flexibility index (Phi) is 7.31. The number of carbonyl (C=O) groups is 1. The summed E-state index contributed by atoms with van der Waals surface area (Å²) in [6, 6.07) is 10.3. The van der Waals surface area contributed by atoms with Crippen molar-refractivity contribution in [3.8, 4) is 11.5 Å². The van der Waals surface area contributed by atoms with Crippen LogP contribution in [0.15, 0.2) is 47.3 Å². The fourth-order valence-electron chi connectivity index (χ4n) is 3.18. The van der Waals surface area contributed by atoms with Gasteiger partial charge in [-0.1, -0.05) is 24.6 Å². The second kappa shape index (κ2) is 10.1. The van der Waals surface area contributed by atoms with E-state index < -0.39 is 0 Å². The van der Waals surface area contributed by atoms with Crippen LogP contribution < -0.4 is 15.0 Å². The lowest BCUT2D eigenvalue weighted by Crippen LogP contribution is -2.31. The molecule has 0 radical (unpaired) electrons. The van der Waals surface area contributed by atoms with Crippen LogP contribution in [0, 0.1) is 0 Å². The highest BCUT2D eigenvalue weighted by molar-refractivity contribution is 6.31. The SMILES string of the molecule is CCCN(Cc1nc2cc(Cl)ccc2c(=O)[nH]1)C(=O)/C=C/c1ccc(OC)c(OC)c1.